The van der Waals surface area contributed by atoms with E-state index in [2.05, 4.69) is 67.8 Å². The maximum Gasteiger partial charge on any atom is 0.490 e. The lowest BCUT2D eigenvalue weighted by atomic mass is 10.0. The number of aliphatic hydroxyl groups excluding tert-OH is 1. The van der Waals surface area contributed by atoms with Crippen LogP contribution in [0, 0.1) is 5.92 Å². The van der Waals surface area contributed by atoms with Crippen molar-refractivity contribution in [2.45, 2.75) is 133 Å². The number of carboxylic acid groups (broad SMARTS) is 2. The molecule has 0 bridgehead atoms. The topological polar surface area (TPSA) is 506 Å². The van der Waals surface area contributed by atoms with Crippen LogP contribution in [0.2, 0.25) is 0 Å². The molecular formula is C57H75F3N16O16. The maximum atomic E-state index is 14.4. The zero-order chi connectivity index (χ0) is 67.8. The molecule has 0 radical (unpaired) electrons. The summed E-state index contributed by atoms with van der Waals surface area (Å²) in [5.41, 5.74) is 13.1. The number of aromatic hydroxyl groups is 1. The number of guanidine groups is 1. The second-order valence-electron chi connectivity index (χ2n) is 21.9. The van der Waals surface area contributed by atoms with E-state index in [4.69, 9.17) is 26.5 Å². The Hall–Kier alpha value is -10.3. The van der Waals surface area contributed by atoms with Crippen LogP contribution in [0.1, 0.15) is 75.6 Å². The first kappa shape index (κ1) is 72.4. The number of aliphatic hydroxyl groups is 1. The fourth-order valence-corrected chi connectivity index (χ4v) is 9.78. The molecule has 32 nitrogen and oxygen atoms in total. The van der Waals surface area contributed by atoms with Gasteiger partial charge in [-0.3, -0.25) is 57.7 Å². The highest BCUT2D eigenvalue weighted by atomic mass is 19.4. The molecule has 0 aliphatic carbocycles. The van der Waals surface area contributed by atoms with Gasteiger partial charge in [0, 0.05) is 67.8 Å². The summed E-state index contributed by atoms with van der Waals surface area (Å²) in [7, 11) is 0. The molecule has 10 amide bonds. The number of rotatable bonds is 31. The molecular weight excluding hydrogens is 1220 g/mol. The van der Waals surface area contributed by atoms with E-state index >= 15 is 0 Å². The average Bonchev–Trinajstić information content (AvgIpc) is 2.48. The second kappa shape index (κ2) is 34.6. The smallest absolute Gasteiger partial charge is 0.490 e. The monoisotopic (exact) mass is 1300 g/mol. The number of phenols is 1. The van der Waals surface area contributed by atoms with Crippen LogP contribution in [-0.2, 0) is 76.8 Å². The second-order valence-corrected chi connectivity index (χ2v) is 21.9. The van der Waals surface area contributed by atoms with Gasteiger partial charge in [-0.15, -0.1) is 0 Å². The Morgan fingerprint density at radius 1 is 0.739 bits per heavy atom. The number of halogens is 3. The predicted molar refractivity (Wildman–Crippen MR) is 317 cm³/mol. The Labute approximate surface area is 522 Å². The molecule has 0 saturated carbocycles. The van der Waals surface area contributed by atoms with E-state index < -0.39 is 139 Å². The van der Waals surface area contributed by atoms with E-state index in [1.807, 2.05) is 0 Å². The van der Waals surface area contributed by atoms with Gasteiger partial charge in [0.15, 0.2) is 5.96 Å². The number of para-hydroxylation sites is 1. The number of aromatic amines is 2. The minimum atomic E-state index is -5.08. The van der Waals surface area contributed by atoms with E-state index in [-0.39, 0.29) is 94.4 Å². The molecule has 2 aromatic carbocycles. The van der Waals surface area contributed by atoms with Crippen LogP contribution in [0.3, 0.4) is 0 Å². The Kier molecular flexibility index (Phi) is 27.2. The predicted octanol–water partition coefficient (Wildman–Crippen LogP) is -3.15. The van der Waals surface area contributed by atoms with E-state index in [1.54, 1.807) is 44.3 Å². The molecule has 6 rings (SSSR count). The number of nitrogens with two attached hydrogens (primary N) is 2. The van der Waals surface area contributed by atoms with Crippen LogP contribution in [-0.4, -0.2) is 205 Å². The molecule has 8 atom stereocenters. The van der Waals surface area contributed by atoms with Gasteiger partial charge in [-0.2, -0.15) is 13.2 Å². The number of carbonyl (C=O) groups excluding carboxylic acids is 10. The Morgan fingerprint density at radius 3 is 1.96 bits per heavy atom. The lowest BCUT2D eigenvalue weighted by Crippen LogP contribution is -2.60. The highest BCUT2D eigenvalue weighted by Crippen LogP contribution is 2.22. The van der Waals surface area contributed by atoms with Crippen molar-refractivity contribution in [3.8, 4) is 5.75 Å². The molecule has 35 heteroatoms. The Morgan fingerprint density at radius 2 is 1.36 bits per heavy atom. The number of hydrogen-bond donors (Lipinski definition) is 17. The standard InChI is InChI=1S/C55H74N16O14.C2HF3O2/c1-29(2)19-38(49(80)66-37(9-5-17-59-55(56)57)54(85)71-18-6-10-43(71)53(84)62-26-46(76)77)65-45(75)25-61-47(78)39(20-30-11-13-33(73)14-12-30)67-52(83)42(27-72)70-50(81)40(21-31-23-60-35-8-4-3-7-34(31)35)68-51(82)41(22-32-24-58-28-63-32)69-48(79)36-15-16-44(74)64-36;3-2(4,5)1(6)7/h3-4,7-8,11-14,23-24,28-29,36-43,60,72-73H,5-6,9-10,15-22,25-27H2,1-2H3,(H,58,63)(H,61,78)(H,62,84)(H,64,74)(H,65,75)(H,66,80)(H,67,83)(H,68,82)(H,69,79)(H,70,81)(H,76,77)(H4,56,57,59);(H,6,7)/t36-,37-,38-,39-,40-,41-,42-,43-;/m0./s1. The number of aliphatic imine (C=N–C) groups is 1. The highest BCUT2D eigenvalue weighted by Gasteiger charge is 2.40. The lowest BCUT2D eigenvalue weighted by Gasteiger charge is -2.30. The maximum absolute atomic E-state index is 14.4. The van der Waals surface area contributed by atoms with E-state index in [9.17, 15) is 76.1 Å². The lowest BCUT2D eigenvalue weighted by molar-refractivity contribution is -0.192. The van der Waals surface area contributed by atoms with E-state index in [0.29, 0.717) is 34.1 Å². The van der Waals surface area contributed by atoms with Gasteiger partial charge in [-0.25, -0.2) is 9.78 Å². The van der Waals surface area contributed by atoms with Gasteiger partial charge >= 0.3 is 18.1 Å². The normalized spacial score (nSPS) is 16.3. The number of aliphatic carboxylic acids is 2. The summed E-state index contributed by atoms with van der Waals surface area (Å²) in [5, 5.41) is 60.5. The number of phenolic OH excluding ortho intramolecular Hbond substituents is 1. The van der Waals surface area contributed by atoms with Crippen LogP contribution >= 0.6 is 0 Å². The first-order chi connectivity index (χ1) is 43.5. The van der Waals surface area contributed by atoms with E-state index in [0.717, 1.165) is 0 Å². The molecule has 2 saturated heterocycles. The molecule has 19 N–H and O–H groups in total. The van der Waals surface area contributed by atoms with Gasteiger partial charge in [0.1, 0.15) is 60.6 Å². The minimum Gasteiger partial charge on any atom is -0.508 e. The van der Waals surface area contributed by atoms with Crippen LogP contribution in [0.15, 0.2) is 72.2 Å². The number of amides is 10. The molecule has 500 valence electrons. The number of likely N-dealkylation sites (tertiary alicyclic amines) is 1. The van der Waals surface area contributed by atoms with Crippen molar-refractivity contribution in [1.29, 1.82) is 0 Å². The number of benzene rings is 2. The summed E-state index contributed by atoms with van der Waals surface area (Å²) in [6.45, 7) is 1.32. The minimum absolute atomic E-state index is 0.00443. The van der Waals surface area contributed by atoms with Crippen molar-refractivity contribution < 1.29 is 91.1 Å². The highest BCUT2D eigenvalue weighted by molar-refractivity contribution is 5.99. The molecule has 4 aromatic rings. The van der Waals surface area contributed by atoms with Crippen molar-refractivity contribution in [3.63, 3.8) is 0 Å². The largest absolute Gasteiger partial charge is 0.508 e. The summed E-state index contributed by atoms with van der Waals surface area (Å²) in [6.07, 6.45) is 0.0175. The molecule has 2 aromatic heterocycles. The van der Waals surface area contributed by atoms with Gasteiger partial charge in [-0.05, 0) is 73.8 Å². The number of nitrogens with one attached hydrogen (secondary N) is 11. The molecule has 4 heterocycles. The Bertz CT molecular complexity index is 3290. The molecule has 92 heavy (non-hydrogen) atoms. The summed E-state index contributed by atoms with van der Waals surface area (Å²) >= 11 is 0. The van der Waals surface area contributed by atoms with Crippen LogP contribution < -0.4 is 59.3 Å². The number of imidazole rings is 1. The Balaban J connectivity index is 0.00000207. The zero-order valence-electron chi connectivity index (χ0n) is 50.0. The molecule has 2 aliphatic rings. The van der Waals surface area contributed by atoms with Crippen LogP contribution in [0.5, 0.6) is 5.75 Å². The first-order valence-corrected chi connectivity index (χ1v) is 29.0. The summed E-state index contributed by atoms with van der Waals surface area (Å²) in [4.78, 5) is 172. The van der Waals surface area contributed by atoms with Crippen LogP contribution in [0.25, 0.3) is 10.9 Å². The first-order valence-electron chi connectivity index (χ1n) is 29.0. The molecule has 0 spiro atoms. The molecule has 2 aliphatic heterocycles. The third kappa shape index (κ3) is 22.9. The van der Waals surface area contributed by atoms with Crippen molar-refractivity contribution >= 4 is 87.9 Å². The molecule has 2 fully saturated rings. The van der Waals surface area contributed by atoms with Crippen molar-refractivity contribution in [2.24, 2.45) is 22.4 Å². The average molecular weight is 1300 g/mol. The molecule has 0 unspecified atom stereocenters. The fourth-order valence-electron chi connectivity index (χ4n) is 9.78. The third-order valence-corrected chi connectivity index (χ3v) is 14.3. The third-order valence-electron chi connectivity index (χ3n) is 14.3. The van der Waals surface area contributed by atoms with Crippen molar-refractivity contribution in [2.75, 3.05) is 32.8 Å². The van der Waals surface area contributed by atoms with Crippen molar-refractivity contribution in [3.05, 3.63) is 84.1 Å². The quantitative estimate of drug-likeness (QED) is 0.0134. The number of hydrogen-bond acceptors (Lipinski definition) is 16. The van der Waals surface area contributed by atoms with Gasteiger partial charge in [0.2, 0.25) is 59.1 Å². The number of fused-ring (bicyclic) bond motifs is 1. The number of nitrogens with zero attached hydrogens (tertiary/aromatic N) is 3. The summed E-state index contributed by atoms with van der Waals surface area (Å²) in [6, 6.07) is 2.23. The van der Waals surface area contributed by atoms with Crippen molar-refractivity contribution in [1.82, 2.24) is 67.7 Å². The number of carboxylic acids is 2. The van der Waals surface area contributed by atoms with Gasteiger partial charge in [0.05, 0.1) is 19.5 Å². The van der Waals surface area contributed by atoms with Gasteiger partial charge in [-0.1, -0.05) is 44.2 Å². The van der Waals surface area contributed by atoms with Gasteiger partial charge < -0.3 is 94.6 Å². The number of aromatic nitrogens is 3. The fraction of sp³-hybridized carbons (Fsp3) is 0.474. The zero-order valence-corrected chi connectivity index (χ0v) is 50.0. The SMILES string of the molecule is CC(C)C[C@H](NC(=O)CNC(=O)[C@H](Cc1ccc(O)cc1)NC(=O)[C@H](CO)NC(=O)[C@H](Cc1c[nH]c2ccccc12)NC(=O)[C@H](Cc1cnc[nH]1)NC(=O)[C@@H]1CCC(=O)N1)C(=O)N[C@@H](CCCN=C(N)N)C(=O)N1CCC[C@H]1C(=O)NCC(=O)O.O=C(O)C(F)(F)F. The summed E-state index contributed by atoms with van der Waals surface area (Å²) < 4.78 is 31.7. The number of H-pyrrole nitrogens is 2. The van der Waals surface area contributed by atoms with Gasteiger partial charge in [0.25, 0.3) is 0 Å². The van der Waals surface area contributed by atoms with Crippen LogP contribution in [0.4, 0.5) is 13.2 Å². The summed E-state index contributed by atoms with van der Waals surface area (Å²) in [5.74, 6) is -12.3. The number of carbonyl (C=O) groups is 12. The number of alkyl halides is 3. The van der Waals surface area contributed by atoms with E-state index in [1.165, 1.54) is 41.7 Å².